The fourth-order valence-corrected chi connectivity index (χ4v) is 3.53. The summed E-state index contributed by atoms with van der Waals surface area (Å²) in [5.41, 5.74) is 0.702. The van der Waals surface area contributed by atoms with Crippen molar-refractivity contribution < 1.29 is 4.39 Å². The largest absolute Gasteiger partial charge is 0.339 e. The molecule has 0 aliphatic carbocycles. The maximum absolute atomic E-state index is 13.7. The Kier molecular flexibility index (Phi) is 4.31. The molecule has 1 saturated heterocycles. The van der Waals surface area contributed by atoms with E-state index in [9.17, 15) is 14.0 Å². The molecule has 0 saturated carbocycles. The Bertz CT molecular complexity index is 1120. The van der Waals surface area contributed by atoms with Gasteiger partial charge >= 0.3 is 5.69 Å². The molecule has 1 aliphatic rings. The minimum Gasteiger partial charge on any atom is -0.339 e. The molecule has 1 fully saturated rings. The van der Waals surface area contributed by atoms with Crippen LogP contribution < -0.4 is 21.5 Å². The second-order valence-electron chi connectivity index (χ2n) is 6.62. The van der Waals surface area contributed by atoms with Crippen LogP contribution in [-0.4, -0.2) is 44.9 Å². The van der Waals surface area contributed by atoms with E-state index in [2.05, 4.69) is 15.2 Å². The van der Waals surface area contributed by atoms with Crippen LogP contribution in [0.15, 0.2) is 33.9 Å². The van der Waals surface area contributed by atoms with Gasteiger partial charge in [0.2, 0.25) is 5.95 Å². The second-order valence-corrected chi connectivity index (χ2v) is 6.62. The topological polar surface area (TPSA) is 77.1 Å². The average Bonchev–Trinajstić information content (AvgIpc) is 3.12. The highest BCUT2D eigenvalue weighted by Crippen LogP contribution is 2.27. The number of aromatic nitrogens is 4. The molecule has 9 heteroatoms. The zero-order valence-electron chi connectivity index (χ0n) is 15.3. The van der Waals surface area contributed by atoms with Crippen molar-refractivity contribution in [3.8, 4) is 5.69 Å². The normalized spacial score (nSPS) is 14.9. The lowest BCUT2D eigenvalue weighted by molar-refractivity contribution is 0.484. The fourth-order valence-electron chi connectivity index (χ4n) is 3.53. The molecule has 1 N–H and O–H groups in total. The first-order valence-corrected chi connectivity index (χ1v) is 8.83. The van der Waals surface area contributed by atoms with E-state index >= 15 is 0 Å². The highest BCUT2D eigenvalue weighted by atomic mass is 19.1. The molecule has 4 rings (SSSR count). The molecule has 8 nitrogen and oxygen atoms in total. The summed E-state index contributed by atoms with van der Waals surface area (Å²) in [7, 11) is 3.02. The van der Waals surface area contributed by atoms with Gasteiger partial charge in [0.25, 0.3) is 5.56 Å². The number of fused-ring (bicyclic) bond motifs is 1. The second kappa shape index (κ2) is 6.66. The number of nitrogens with one attached hydrogen (secondary N) is 1. The average molecular weight is 372 g/mol. The van der Waals surface area contributed by atoms with Crippen molar-refractivity contribution in [3.63, 3.8) is 0 Å². The van der Waals surface area contributed by atoms with Crippen molar-refractivity contribution in [1.29, 1.82) is 0 Å². The number of alkyl halides is 1. The number of imidazole rings is 1. The molecule has 0 bridgehead atoms. The van der Waals surface area contributed by atoms with Gasteiger partial charge in [-0.05, 0) is 6.07 Å². The van der Waals surface area contributed by atoms with E-state index in [-0.39, 0.29) is 5.52 Å². The summed E-state index contributed by atoms with van der Waals surface area (Å²) in [6, 6.07) is 7.02. The number of halogens is 1. The van der Waals surface area contributed by atoms with Crippen molar-refractivity contribution in [3.05, 3.63) is 50.7 Å². The van der Waals surface area contributed by atoms with E-state index in [1.54, 1.807) is 35.9 Å². The molecule has 27 heavy (non-hydrogen) atoms. The van der Waals surface area contributed by atoms with E-state index in [1.807, 2.05) is 0 Å². The number of anilines is 1. The van der Waals surface area contributed by atoms with Gasteiger partial charge in [0, 0.05) is 45.8 Å². The summed E-state index contributed by atoms with van der Waals surface area (Å²) in [6.45, 7) is 2.31. The molecule has 3 heterocycles. The van der Waals surface area contributed by atoms with Gasteiger partial charge in [0.05, 0.1) is 5.69 Å². The fraction of sp³-hybridized carbons (Fsp3) is 0.389. The maximum Gasteiger partial charge on any atom is 0.332 e. The first-order valence-electron chi connectivity index (χ1n) is 8.83. The Morgan fingerprint density at radius 1 is 1.11 bits per heavy atom. The van der Waals surface area contributed by atoms with Crippen molar-refractivity contribution in [2.75, 3.05) is 31.1 Å². The Hall–Kier alpha value is -2.94. The molecule has 0 unspecified atom stereocenters. The third kappa shape index (κ3) is 2.66. The number of aryl methyl sites for hydroxylation is 1. The molecule has 0 amide bonds. The van der Waals surface area contributed by atoms with Gasteiger partial charge in [-0.15, -0.1) is 0 Å². The van der Waals surface area contributed by atoms with Crippen LogP contribution >= 0.6 is 0 Å². The zero-order valence-corrected chi connectivity index (χ0v) is 15.3. The molecule has 0 spiro atoms. The van der Waals surface area contributed by atoms with Crippen LogP contribution in [0.3, 0.4) is 0 Å². The van der Waals surface area contributed by atoms with Gasteiger partial charge in [-0.2, -0.15) is 4.98 Å². The monoisotopic (exact) mass is 372 g/mol. The highest BCUT2D eigenvalue weighted by molar-refractivity contribution is 5.78. The Morgan fingerprint density at radius 3 is 2.52 bits per heavy atom. The lowest BCUT2D eigenvalue weighted by atomic mass is 10.2. The smallest absolute Gasteiger partial charge is 0.332 e. The molecule has 1 aliphatic heterocycles. The van der Waals surface area contributed by atoms with Crippen LogP contribution in [0.5, 0.6) is 0 Å². The molecule has 142 valence electrons. The van der Waals surface area contributed by atoms with Gasteiger partial charge in [-0.25, -0.2) is 9.18 Å². The zero-order chi connectivity index (χ0) is 19.1. The number of benzene rings is 1. The van der Waals surface area contributed by atoms with E-state index in [1.165, 1.54) is 11.6 Å². The van der Waals surface area contributed by atoms with Crippen molar-refractivity contribution >= 4 is 17.1 Å². The summed E-state index contributed by atoms with van der Waals surface area (Å²) < 4.78 is 17.8. The number of hydrogen-bond donors (Lipinski definition) is 1. The minimum absolute atomic E-state index is 0.272. The van der Waals surface area contributed by atoms with Gasteiger partial charge in [-0.3, -0.25) is 18.5 Å². The van der Waals surface area contributed by atoms with Crippen LogP contribution in [0.2, 0.25) is 0 Å². The van der Waals surface area contributed by atoms with Gasteiger partial charge in [0.1, 0.15) is 6.67 Å². The van der Waals surface area contributed by atoms with E-state index in [0.717, 1.165) is 17.7 Å². The summed E-state index contributed by atoms with van der Waals surface area (Å²) in [6.07, 6.45) is 0. The Labute approximate surface area is 154 Å². The van der Waals surface area contributed by atoms with Crippen molar-refractivity contribution in [2.24, 2.45) is 14.1 Å². The molecular weight excluding hydrogens is 351 g/mol. The standard InChI is InChI=1S/C18H21FN6O2/c1-22-15-14(16(26)23(2)18(22)27)25(13-6-4-3-5-12(13)11-19)17(21-15)24-9-7-20-8-10-24/h3-6,20H,7-11H2,1-2H3. The van der Waals surface area contributed by atoms with E-state index in [4.69, 9.17) is 0 Å². The highest BCUT2D eigenvalue weighted by Gasteiger charge is 2.25. The van der Waals surface area contributed by atoms with Crippen LogP contribution in [-0.2, 0) is 20.8 Å². The molecular formula is C18H21FN6O2. The predicted molar refractivity (Wildman–Crippen MR) is 101 cm³/mol. The first-order chi connectivity index (χ1) is 13.0. The summed E-state index contributed by atoms with van der Waals surface area (Å²) in [5, 5.41) is 3.28. The third-order valence-corrected chi connectivity index (χ3v) is 5.02. The number of piperazine rings is 1. The van der Waals surface area contributed by atoms with Crippen molar-refractivity contribution in [2.45, 2.75) is 6.67 Å². The Balaban J connectivity index is 2.13. The molecule has 3 aromatic rings. The number of rotatable bonds is 3. The van der Waals surface area contributed by atoms with Crippen LogP contribution in [0.25, 0.3) is 16.9 Å². The van der Waals surface area contributed by atoms with E-state index < -0.39 is 17.9 Å². The minimum atomic E-state index is -0.664. The molecule has 2 aromatic heterocycles. The summed E-state index contributed by atoms with van der Waals surface area (Å²) in [4.78, 5) is 32.0. The molecule has 0 radical (unpaired) electrons. The number of hydrogen-bond acceptors (Lipinski definition) is 5. The van der Waals surface area contributed by atoms with Gasteiger partial charge < -0.3 is 10.2 Å². The Morgan fingerprint density at radius 2 is 1.81 bits per heavy atom. The number of nitrogens with zero attached hydrogens (tertiary/aromatic N) is 5. The third-order valence-electron chi connectivity index (χ3n) is 5.02. The lowest BCUT2D eigenvalue weighted by Gasteiger charge is -2.29. The predicted octanol–water partition coefficient (Wildman–Crippen LogP) is 0.302. The SMILES string of the molecule is Cn1c(=O)c2c(nc(N3CCNCC3)n2-c2ccccc2CF)n(C)c1=O. The first kappa shape index (κ1) is 17.5. The van der Waals surface area contributed by atoms with Crippen LogP contribution in [0, 0.1) is 0 Å². The lowest BCUT2D eigenvalue weighted by Crippen LogP contribution is -2.44. The van der Waals surface area contributed by atoms with Crippen LogP contribution in [0.1, 0.15) is 5.56 Å². The van der Waals surface area contributed by atoms with E-state index in [0.29, 0.717) is 35.9 Å². The van der Waals surface area contributed by atoms with Crippen LogP contribution in [0.4, 0.5) is 10.3 Å². The van der Waals surface area contributed by atoms with Crippen molar-refractivity contribution in [1.82, 2.24) is 24.0 Å². The van der Waals surface area contributed by atoms with Gasteiger partial charge in [0.15, 0.2) is 11.2 Å². The van der Waals surface area contributed by atoms with Gasteiger partial charge in [-0.1, -0.05) is 18.2 Å². The number of para-hydroxylation sites is 1. The maximum atomic E-state index is 13.7. The molecule has 1 aromatic carbocycles. The summed E-state index contributed by atoms with van der Waals surface area (Å²) in [5.74, 6) is 0.547. The molecule has 0 atom stereocenters. The quantitative estimate of drug-likeness (QED) is 0.716. The summed E-state index contributed by atoms with van der Waals surface area (Å²) >= 11 is 0.